The Bertz CT molecular complexity index is 323. The molecule has 1 aliphatic heterocycles. The predicted molar refractivity (Wildman–Crippen MR) is 66.8 cm³/mol. The molecule has 0 spiro atoms. The van der Waals surface area contributed by atoms with Crippen LogP contribution >= 0.6 is 0 Å². The third-order valence-corrected chi connectivity index (χ3v) is 2.71. The number of morpholine rings is 1. The number of nitrogens with zero attached hydrogens (tertiary/aromatic N) is 3. The summed E-state index contributed by atoms with van der Waals surface area (Å²) in [5, 5.41) is 3.18. The third kappa shape index (κ3) is 4.16. The van der Waals surface area contributed by atoms with Crippen molar-refractivity contribution in [3.05, 3.63) is 12.4 Å². The molecule has 1 aromatic rings. The Hall–Kier alpha value is -1.40. The maximum Gasteiger partial charge on any atom is 0.222 e. The smallest absolute Gasteiger partial charge is 0.222 e. The first kappa shape index (κ1) is 12.1. The predicted octanol–water partition coefficient (Wildman–Crippen LogP) is 0.193. The van der Waals surface area contributed by atoms with Crippen LogP contribution in [-0.2, 0) is 4.74 Å². The first-order chi connectivity index (χ1) is 8.34. The Morgan fingerprint density at radius 2 is 2.00 bits per heavy atom. The maximum atomic E-state index is 5.51. The van der Waals surface area contributed by atoms with Crippen LogP contribution in [0.15, 0.2) is 12.4 Å². The van der Waals surface area contributed by atoms with Gasteiger partial charge in [0.15, 0.2) is 0 Å². The van der Waals surface area contributed by atoms with Crippen molar-refractivity contribution < 1.29 is 4.74 Å². The highest BCUT2D eigenvalue weighted by Gasteiger charge is 2.08. The zero-order valence-electron chi connectivity index (χ0n) is 9.93. The van der Waals surface area contributed by atoms with Crippen molar-refractivity contribution in [1.82, 2.24) is 14.9 Å². The average Bonchev–Trinajstić information content (AvgIpc) is 2.38. The highest BCUT2D eigenvalue weighted by atomic mass is 16.5. The second-order valence-corrected chi connectivity index (χ2v) is 4.07. The van der Waals surface area contributed by atoms with E-state index in [0.717, 1.165) is 45.8 Å². The highest BCUT2D eigenvalue weighted by molar-refractivity contribution is 5.35. The molecule has 0 aliphatic carbocycles. The van der Waals surface area contributed by atoms with Crippen LogP contribution < -0.4 is 11.1 Å². The number of ether oxygens (including phenoxy) is 1. The average molecular weight is 237 g/mol. The molecule has 0 amide bonds. The summed E-state index contributed by atoms with van der Waals surface area (Å²) in [6.07, 6.45) is 4.29. The molecule has 1 saturated heterocycles. The molecule has 3 N–H and O–H groups in total. The van der Waals surface area contributed by atoms with Gasteiger partial charge in [-0.05, 0) is 13.0 Å². The van der Waals surface area contributed by atoms with E-state index in [4.69, 9.17) is 10.5 Å². The van der Waals surface area contributed by atoms with E-state index >= 15 is 0 Å². The summed E-state index contributed by atoms with van der Waals surface area (Å²) < 4.78 is 5.30. The minimum Gasteiger partial charge on any atom is -0.396 e. The first-order valence-corrected chi connectivity index (χ1v) is 5.96. The fourth-order valence-corrected chi connectivity index (χ4v) is 1.76. The van der Waals surface area contributed by atoms with Crippen molar-refractivity contribution in [1.29, 1.82) is 0 Å². The van der Waals surface area contributed by atoms with Crippen molar-refractivity contribution in [2.75, 3.05) is 50.4 Å². The lowest BCUT2D eigenvalue weighted by Crippen LogP contribution is -2.37. The lowest BCUT2D eigenvalue weighted by atomic mass is 10.3. The van der Waals surface area contributed by atoms with Crippen LogP contribution in [-0.4, -0.2) is 54.3 Å². The zero-order valence-corrected chi connectivity index (χ0v) is 9.93. The quantitative estimate of drug-likeness (QED) is 0.712. The summed E-state index contributed by atoms with van der Waals surface area (Å²) in [6.45, 7) is 5.76. The Balaban J connectivity index is 1.60. The molecule has 0 bridgehead atoms. The van der Waals surface area contributed by atoms with Gasteiger partial charge in [0.05, 0.1) is 31.3 Å². The fraction of sp³-hybridized carbons (Fsp3) is 0.636. The molecule has 0 saturated carbocycles. The van der Waals surface area contributed by atoms with E-state index in [2.05, 4.69) is 20.2 Å². The lowest BCUT2D eigenvalue weighted by Gasteiger charge is -2.26. The summed E-state index contributed by atoms with van der Waals surface area (Å²) in [7, 11) is 0. The van der Waals surface area contributed by atoms with Gasteiger partial charge in [0.2, 0.25) is 5.95 Å². The van der Waals surface area contributed by atoms with Crippen LogP contribution in [0.2, 0.25) is 0 Å². The number of nitrogen functional groups attached to an aromatic ring is 1. The van der Waals surface area contributed by atoms with Crippen molar-refractivity contribution in [3.63, 3.8) is 0 Å². The van der Waals surface area contributed by atoms with Crippen molar-refractivity contribution in [3.8, 4) is 0 Å². The second kappa shape index (κ2) is 6.36. The van der Waals surface area contributed by atoms with Gasteiger partial charge in [0, 0.05) is 19.6 Å². The van der Waals surface area contributed by atoms with Gasteiger partial charge in [-0.3, -0.25) is 4.90 Å². The standard InChI is InChI=1S/C11H19N5O/c12-10-8-14-11(15-9-10)13-2-1-3-16-4-6-17-7-5-16/h8-9H,1-7,12H2,(H,13,14,15). The van der Waals surface area contributed by atoms with Crippen molar-refractivity contribution in [2.45, 2.75) is 6.42 Å². The number of nitrogens with two attached hydrogens (primary N) is 1. The van der Waals surface area contributed by atoms with Gasteiger partial charge in [0.25, 0.3) is 0 Å². The zero-order chi connectivity index (χ0) is 11.9. The molecule has 2 heterocycles. The molecule has 94 valence electrons. The van der Waals surface area contributed by atoms with Gasteiger partial charge in [-0.15, -0.1) is 0 Å². The van der Waals surface area contributed by atoms with E-state index < -0.39 is 0 Å². The van der Waals surface area contributed by atoms with E-state index in [9.17, 15) is 0 Å². The van der Waals surface area contributed by atoms with Crippen LogP contribution in [0, 0.1) is 0 Å². The van der Waals surface area contributed by atoms with Crippen LogP contribution in [0.3, 0.4) is 0 Å². The van der Waals surface area contributed by atoms with E-state index in [1.165, 1.54) is 0 Å². The minimum atomic E-state index is 0.587. The molecule has 0 aromatic carbocycles. The van der Waals surface area contributed by atoms with Gasteiger partial charge >= 0.3 is 0 Å². The molecule has 0 unspecified atom stereocenters. The van der Waals surface area contributed by atoms with Gasteiger partial charge in [-0.2, -0.15) is 0 Å². The molecule has 0 atom stereocenters. The summed E-state index contributed by atoms with van der Waals surface area (Å²) in [4.78, 5) is 10.6. The third-order valence-electron chi connectivity index (χ3n) is 2.71. The van der Waals surface area contributed by atoms with Crippen LogP contribution in [0.5, 0.6) is 0 Å². The monoisotopic (exact) mass is 237 g/mol. The normalized spacial score (nSPS) is 16.9. The summed E-state index contributed by atoms with van der Waals surface area (Å²) in [5.41, 5.74) is 6.09. The SMILES string of the molecule is Nc1cnc(NCCCN2CCOCC2)nc1. The topological polar surface area (TPSA) is 76.3 Å². The minimum absolute atomic E-state index is 0.587. The second-order valence-electron chi connectivity index (χ2n) is 4.07. The number of hydrogen-bond donors (Lipinski definition) is 2. The largest absolute Gasteiger partial charge is 0.396 e. The van der Waals surface area contributed by atoms with E-state index in [1.54, 1.807) is 12.4 Å². The number of nitrogens with one attached hydrogen (secondary N) is 1. The van der Waals surface area contributed by atoms with Crippen molar-refractivity contribution in [2.24, 2.45) is 0 Å². The van der Waals surface area contributed by atoms with Gasteiger partial charge < -0.3 is 15.8 Å². The highest BCUT2D eigenvalue weighted by Crippen LogP contribution is 2.01. The number of rotatable bonds is 5. The molecular weight excluding hydrogens is 218 g/mol. The molecule has 6 heteroatoms. The van der Waals surface area contributed by atoms with Gasteiger partial charge in [0.1, 0.15) is 0 Å². The molecule has 1 aromatic heterocycles. The van der Waals surface area contributed by atoms with Crippen molar-refractivity contribution >= 4 is 11.6 Å². The molecule has 6 nitrogen and oxygen atoms in total. The summed E-state index contributed by atoms with van der Waals surface area (Å²) in [5.74, 6) is 0.640. The maximum absolute atomic E-state index is 5.51. The first-order valence-electron chi connectivity index (χ1n) is 5.96. The molecule has 0 radical (unpaired) electrons. The fourth-order valence-electron chi connectivity index (χ4n) is 1.76. The molecule has 1 fully saturated rings. The van der Waals surface area contributed by atoms with E-state index in [1.807, 2.05) is 0 Å². The van der Waals surface area contributed by atoms with Gasteiger partial charge in [-0.25, -0.2) is 9.97 Å². The Morgan fingerprint density at radius 1 is 1.29 bits per heavy atom. The summed E-state index contributed by atoms with van der Waals surface area (Å²) >= 11 is 0. The Labute approximate surface area is 101 Å². The Kier molecular flexibility index (Phi) is 4.52. The van der Waals surface area contributed by atoms with E-state index in [-0.39, 0.29) is 0 Å². The number of anilines is 2. The number of aromatic nitrogens is 2. The van der Waals surface area contributed by atoms with Crippen LogP contribution in [0.4, 0.5) is 11.6 Å². The molecular formula is C11H19N5O. The van der Waals surface area contributed by atoms with E-state index in [0.29, 0.717) is 11.6 Å². The Morgan fingerprint density at radius 3 is 2.71 bits per heavy atom. The summed E-state index contributed by atoms with van der Waals surface area (Å²) in [6, 6.07) is 0. The number of hydrogen-bond acceptors (Lipinski definition) is 6. The van der Waals surface area contributed by atoms with Crippen LogP contribution in [0.1, 0.15) is 6.42 Å². The van der Waals surface area contributed by atoms with Crippen LogP contribution in [0.25, 0.3) is 0 Å². The lowest BCUT2D eigenvalue weighted by molar-refractivity contribution is 0.0378. The molecule has 17 heavy (non-hydrogen) atoms. The van der Waals surface area contributed by atoms with Gasteiger partial charge in [-0.1, -0.05) is 0 Å². The molecule has 2 rings (SSSR count). The molecule has 1 aliphatic rings.